The molecule has 6 aliphatic carbocycles. The van der Waals surface area contributed by atoms with Crippen molar-refractivity contribution in [2.45, 2.75) is 168 Å². The number of carbonyl (C=O) groups excluding carboxylic acids is 1. The molecule has 0 aromatic heterocycles. The summed E-state index contributed by atoms with van der Waals surface area (Å²) >= 11 is 0. The van der Waals surface area contributed by atoms with E-state index in [9.17, 15) is 4.79 Å². The SMILES string of the molecule is CCC(CCCC1CCC2C3CC=C4CC(OC(=O)N(CCC5CC(N)C5)CCC5CC(N)C5)CCC4(C)C3CCC12C)C(C)C. The van der Waals surface area contributed by atoms with Gasteiger partial charge in [0.2, 0.25) is 0 Å². The molecule has 0 bridgehead atoms. The first-order valence-corrected chi connectivity index (χ1v) is 20.2. The fourth-order valence-electron chi connectivity index (χ4n) is 12.2. The Morgan fingerprint density at radius 1 is 0.935 bits per heavy atom. The lowest BCUT2D eigenvalue weighted by Crippen LogP contribution is -2.50. The first kappa shape index (κ1) is 34.8. The number of hydrogen-bond acceptors (Lipinski definition) is 4. The van der Waals surface area contributed by atoms with Crippen molar-refractivity contribution in [2.75, 3.05) is 13.1 Å². The summed E-state index contributed by atoms with van der Waals surface area (Å²) in [5, 5.41) is 0. The van der Waals surface area contributed by atoms with E-state index in [1.807, 2.05) is 4.90 Å². The van der Waals surface area contributed by atoms with Gasteiger partial charge in [0.1, 0.15) is 6.10 Å². The van der Waals surface area contributed by atoms with Crippen LogP contribution in [0.1, 0.15) is 150 Å². The molecule has 0 heterocycles. The van der Waals surface area contributed by atoms with Crippen LogP contribution in [0.15, 0.2) is 11.6 Å². The van der Waals surface area contributed by atoms with Crippen LogP contribution >= 0.6 is 0 Å². The van der Waals surface area contributed by atoms with E-state index in [2.05, 4.69) is 40.7 Å². The lowest BCUT2D eigenvalue weighted by molar-refractivity contribution is -0.0536. The van der Waals surface area contributed by atoms with E-state index in [1.54, 1.807) is 5.57 Å². The molecule has 8 atom stereocenters. The number of fused-ring (bicyclic) bond motifs is 5. The molecule has 0 spiro atoms. The average molecular weight is 638 g/mol. The standard InChI is InChI=1S/C41H71N3O2/c1-6-30(27(2)3)8-7-9-31-11-13-37-36-12-10-32-26-35(14-18-41(32,5)38(36)15-19-40(31,37)4)46-39(45)44(20-16-28-22-33(42)23-28)21-17-29-24-34(43)25-29/h10,27-31,33-38H,6-9,11-26,42-43H2,1-5H3. The number of rotatable bonds is 13. The van der Waals surface area contributed by atoms with Crippen LogP contribution < -0.4 is 11.5 Å². The summed E-state index contributed by atoms with van der Waals surface area (Å²) in [6.07, 6.45) is 25.0. The number of nitrogens with zero attached hydrogens (tertiary/aromatic N) is 1. The molecule has 262 valence electrons. The third-order valence-electron chi connectivity index (χ3n) is 15.5. The third kappa shape index (κ3) is 7.12. The first-order valence-electron chi connectivity index (χ1n) is 20.2. The van der Waals surface area contributed by atoms with Crippen LogP contribution in [0.5, 0.6) is 0 Å². The smallest absolute Gasteiger partial charge is 0.410 e. The lowest BCUT2D eigenvalue weighted by atomic mass is 9.47. The maximum atomic E-state index is 13.6. The van der Waals surface area contributed by atoms with Crippen molar-refractivity contribution in [3.8, 4) is 0 Å². The van der Waals surface area contributed by atoms with Gasteiger partial charge in [-0.1, -0.05) is 65.5 Å². The monoisotopic (exact) mass is 638 g/mol. The fourth-order valence-corrected chi connectivity index (χ4v) is 12.2. The molecule has 46 heavy (non-hydrogen) atoms. The highest BCUT2D eigenvalue weighted by Crippen LogP contribution is 2.67. The molecule has 1 amide bonds. The highest BCUT2D eigenvalue weighted by Gasteiger charge is 2.58. The van der Waals surface area contributed by atoms with Crippen LogP contribution in [-0.4, -0.2) is 42.3 Å². The Kier molecular flexibility index (Phi) is 10.9. The quantitative estimate of drug-likeness (QED) is 0.197. The van der Waals surface area contributed by atoms with Gasteiger partial charge >= 0.3 is 6.09 Å². The van der Waals surface area contributed by atoms with E-state index in [0.717, 1.165) is 100.0 Å². The molecule has 0 aromatic carbocycles. The predicted octanol–water partition coefficient (Wildman–Crippen LogP) is 9.48. The van der Waals surface area contributed by atoms with Crippen molar-refractivity contribution in [1.82, 2.24) is 4.90 Å². The van der Waals surface area contributed by atoms with E-state index in [4.69, 9.17) is 16.2 Å². The molecule has 6 rings (SSSR count). The van der Waals surface area contributed by atoms with E-state index in [-0.39, 0.29) is 12.2 Å². The first-order chi connectivity index (χ1) is 22.0. The minimum Gasteiger partial charge on any atom is -0.446 e. The van der Waals surface area contributed by atoms with Gasteiger partial charge in [0.05, 0.1) is 0 Å². The zero-order valence-electron chi connectivity index (χ0n) is 30.5. The van der Waals surface area contributed by atoms with E-state index in [0.29, 0.717) is 34.7 Å². The van der Waals surface area contributed by atoms with Crippen molar-refractivity contribution in [3.63, 3.8) is 0 Å². The fraction of sp³-hybridized carbons (Fsp3) is 0.927. The minimum absolute atomic E-state index is 0.0302. The molecule has 0 aliphatic heterocycles. The second-order valence-corrected chi connectivity index (χ2v) is 18.4. The molecule has 5 saturated carbocycles. The Labute approximate surface area is 282 Å². The summed E-state index contributed by atoms with van der Waals surface area (Å²) in [5.74, 6) is 6.56. The molecular formula is C41H71N3O2. The molecule has 5 fully saturated rings. The number of hydrogen-bond donors (Lipinski definition) is 2. The molecule has 0 saturated heterocycles. The van der Waals surface area contributed by atoms with Gasteiger partial charge in [-0.25, -0.2) is 4.79 Å². The highest BCUT2D eigenvalue weighted by atomic mass is 16.6. The van der Waals surface area contributed by atoms with Gasteiger partial charge < -0.3 is 21.1 Å². The Morgan fingerprint density at radius 2 is 1.61 bits per heavy atom. The van der Waals surface area contributed by atoms with E-state index < -0.39 is 0 Å². The highest BCUT2D eigenvalue weighted by molar-refractivity contribution is 5.68. The number of nitrogens with two attached hydrogens (primary N) is 2. The van der Waals surface area contributed by atoms with Gasteiger partial charge in [0.15, 0.2) is 0 Å². The Morgan fingerprint density at radius 3 is 2.22 bits per heavy atom. The van der Waals surface area contributed by atoms with Crippen molar-refractivity contribution in [3.05, 3.63) is 11.6 Å². The van der Waals surface area contributed by atoms with E-state index >= 15 is 0 Å². The van der Waals surface area contributed by atoms with Gasteiger partial charge in [-0.3, -0.25) is 0 Å². The number of allylic oxidation sites excluding steroid dienone is 1. The van der Waals surface area contributed by atoms with Crippen LogP contribution in [0, 0.1) is 58.2 Å². The zero-order chi connectivity index (χ0) is 32.6. The van der Waals surface area contributed by atoms with Crippen molar-refractivity contribution in [1.29, 1.82) is 0 Å². The Bertz CT molecular complexity index is 1040. The number of amides is 1. The molecule has 5 heteroatoms. The Balaban J connectivity index is 1.04. The lowest BCUT2D eigenvalue weighted by Gasteiger charge is -2.58. The molecule has 0 radical (unpaired) electrons. The molecular weight excluding hydrogens is 566 g/mol. The number of carbonyl (C=O) groups is 1. The van der Waals surface area contributed by atoms with Gasteiger partial charge in [0.25, 0.3) is 0 Å². The second-order valence-electron chi connectivity index (χ2n) is 18.4. The molecule has 8 unspecified atom stereocenters. The molecule has 5 nitrogen and oxygen atoms in total. The van der Waals surface area contributed by atoms with Crippen LogP contribution in [0.3, 0.4) is 0 Å². The Hall–Kier alpha value is -1.07. The second kappa shape index (κ2) is 14.4. The summed E-state index contributed by atoms with van der Waals surface area (Å²) in [4.78, 5) is 15.7. The van der Waals surface area contributed by atoms with Gasteiger partial charge in [-0.15, -0.1) is 0 Å². The average Bonchev–Trinajstić information content (AvgIpc) is 3.33. The van der Waals surface area contributed by atoms with Crippen LogP contribution in [0.2, 0.25) is 0 Å². The molecule has 6 aliphatic rings. The van der Waals surface area contributed by atoms with Gasteiger partial charge in [0, 0.05) is 31.6 Å². The van der Waals surface area contributed by atoms with Gasteiger partial charge in [-0.05, 0) is 148 Å². The van der Waals surface area contributed by atoms with Gasteiger partial charge in [-0.2, -0.15) is 0 Å². The summed E-state index contributed by atoms with van der Waals surface area (Å²) in [7, 11) is 0. The number of ether oxygens (including phenoxy) is 1. The zero-order valence-corrected chi connectivity index (χ0v) is 30.5. The van der Waals surface area contributed by atoms with Crippen LogP contribution in [0.25, 0.3) is 0 Å². The predicted molar refractivity (Wildman–Crippen MR) is 190 cm³/mol. The molecule has 0 aromatic rings. The summed E-state index contributed by atoms with van der Waals surface area (Å²) in [5.41, 5.74) is 14.6. The maximum Gasteiger partial charge on any atom is 0.410 e. The minimum atomic E-state index is -0.0702. The summed E-state index contributed by atoms with van der Waals surface area (Å²) in [6, 6.07) is 0.728. The van der Waals surface area contributed by atoms with Crippen molar-refractivity contribution in [2.24, 2.45) is 69.6 Å². The maximum absolute atomic E-state index is 13.6. The molecule has 4 N–H and O–H groups in total. The largest absolute Gasteiger partial charge is 0.446 e. The van der Waals surface area contributed by atoms with Crippen LogP contribution in [-0.2, 0) is 4.74 Å². The third-order valence-corrected chi connectivity index (χ3v) is 15.5. The van der Waals surface area contributed by atoms with Crippen LogP contribution in [0.4, 0.5) is 4.79 Å². The van der Waals surface area contributed by atoms with Crippen molar-refractivity contribution < 1.29 is 9.53 Å². The van der Waals surface area contributed by atoms with Crippen molar-refractivity contribution >= 4 is 6.09 Å². The summed E-state index contributed by atoms with van der Waals surface area (Å²) in [6.45, 7) is 14.1. The van der Waals surface area contributed by atoms with E-state index in [1.165, 1.54) is 64.2 Å². The topological polar surface area (TPSA) is 81.6 Å². The normalized spacial score (nSPS) is 42.2. The summed E-state index contributed by atoms with van der Waals surface area (Å²) < 4.78 is 6.37.